The minimum absolute atomic E-state index is 0.0985. The molecule has 5 heteroatoms. The summed E-state index contributed by atoms with van der Waals surface area (Å²) in [4.78, 5) is 13.6. The van der Waals surface area contributed by atoms with Crippen molar-refractivity contribution >= 4 is 6.47 Å². The molecule has 0 amide bonds. The van der Waals surface area contributed by atoms with E-state index in [2.05, 4.69) is 16.7 Å². The maximum Gasteiger partial charge on any atom is 0.293 e. The minimum Gasteiger partial charge on any atom is -0.465 e. The summed E-state index contributed by atoms with van der Waals surface area (Å²) < 4.78 is 4.05. The Labute approximate surface area is 105 Å². The van der Waals surface area contributed by atoms with E-state index >= 15 is 0 Å². The Balaban J connectivity index is 0. The molecular weight excluding hydrogens is 220 g/mol. The molecule has 1 saturated heterocycles. The van der Waals surface area contributed by atoms with Crippen LogP contribution in [0.3, 0.4) is 0 Å². The van der Waals surface area contributed by atoms with E-state index in [9.17, 15) is 4.79 Å². The summed E-state index contributed by atoms with van der Waals surface area (Å²) in [6, 6.07) is 0. The number of ether oxygens (including phenoxy) is 1. The van der Waals surface area contributed by atoms with Gasteiger partial charge in [-0.05, 0) is 54.1 Å². The Kier molecular flexibility index (Phi) is 16.9. The second kappa shape index (κ2) is 15.4. The molecule has 0 atom stereocenters. The molecule has 1 heterocycles. The van der Waals surface area contributed by atoms with Crippen molar-refractivity contribution in [2.75, 3.05) is 54.5 Å². The summed E-state index contributed by atoms with van der Waals surface area (Å²) in [5, 5.41) is 7.91. The molecule has 0 radical (unpaired) electrons. The number of aliphatic hydroxyl groups excluding tert-OH is 1. The lowest BCUT2D eigenvalue weighted by atomic mass is 10.1. The van der Waals surface area contributed by atoms with Crippen molar-refractivity contribution in [3.05, 3.63) is 0 Å². The van der Waals surface area contributed by atoms with Crippen LogP contribution in [0.4, 0.5) is 0 Å². The molecule has 0 aliphatic carbocycles. The van der Waals surface area contributed by atoms with Crippen LogP contribution in [0.15, 0.2) is 0 Å². The molecule has 1 N–H and O–H groups in total. The lowest BCUT2D eigenvalue weighted by Gasteiger charge is -2.20. The van der Waals surface area contributed by atoms with Crippen molar-refractivity contribution in [3.63, 3.8) is 0 Å². The molecule has 104 valence electrons. The lowest BCUT2D eigenvalue weighted by Crippen LogP contribution is -2.24. The average molecular weight is 248 g/mol. The molecule has 1 rings (SSSR count). The van der Waals surface area contributed by atoms with E-state index in [-0.39, 0.29) is 13.2 Å². The number of hydrogen-bond donors (Lipinski definition) is 1. The minimum atomic E-state index is -0.0985. The third-order valence-electron chi connectivity index (χ3n) is 1.86. The average Bonchev–Trinajstić information content (AvgIpc) is 2.27. The van der Waals surface area contributed by atoms with Crippen molar-refractivity contribution in [1.82, 2.24) is 9.80 Å². The van der Waals surface area contributed by atoms with Gasteiger partial charge in [0.1, 0.15) is 6.61 Å². The molecular formula is C12H28N2O3. The number of likely N-dealkylation sites (tertiary alicyclic amines) is 1. The highest BCUT2D eigenvalue weighted by Gasteiger charge is 2.02. The van der Waals surface area contributed by atoms with Crippen molar-refractivity contribution in [2.24, 2.45) is 0 Å². The summed E-state index contributed by atoms with van der Waals surface area (Å²) in [5.74, 6) is 0. The van der Waals surface area contributed by atoms with Crippen molar-refractivity contribution < 1.29 is 14.6 Å². The van der Waals surface area contributed by atoms with Crippen LogP contribution >= 0.6 is 0 Å². The van der Waals surface area contributed by atoms with Crippen LogP contribution in [-0.4, -0.2) is 75.9 Å². The van der Waals surface area contributed by atoms with E-state index in [1.807, 2.05) is 26.0 Å². The highest BCUT2D eigenvalue weighted by molar-refractivity contribution is 5.36. The van der Waals surface area contributed by atoms with Crippen LogP contribution in [0.1, 0.15) is 19.3 Å². The molecule has 1 fully saturated rings. The summed E-state index contributed by atoms with van der Waals surface area (Å²) in [6.07, 6.45) is 4.28. The molecule has 0 saturated carbocycles. The standard InChI is InChI=1S/C6H13N.C3H9N.C3H6O3/c1-7-5-3-2-4-6-7;1-4(2)3;4-1-2-6-3-5/h2-6H2,1H3;1-3H3;3-4H,1-2H2. The van der Waals surface area contributed by atoms with Crippen molar-refractivity contribution in [3.8, 4) is 0 Å². The second-order valence-electron chi connectivity index (χ2n) is 4.40. The van der Waals surface area contributed by atoms with Gasteiger partial charge < -0.3 is 19.6 Å². The first-order valence-electron chi connectivity index (χ1n) is 6.00. The number of nitrogens with zero attached hydrogens (tertiary/aromatic N) is 2. The van der Waals surface area contributed by atoms with Gasteiger partial charge >= 0.3 is 0 Å². The van der Waals surface area contributed by atoms with E-state index in [0.717, 1.165) is 0 Å². The maximum atomic E-state index is 9.23. The number of hydrogen-bond acceptors (Lipinski definition) is 5. The predicted octanol–water partition coefficient (Wildman–Crippen LogP) is 0.432. The van der Waals surface area contributed by atoms with Gasteiger partial charge in [0.05, 0.1) is 6.61 Å². The molecule has 1 aliphatic heterocycles. The smallest absolute Gasteiger partial charge is 0.293 e. The van der Waals surface area contributed by atoms with Gasteiger partial charge in [-0.25, -0.2) is 0 Å². The molecule has 5 nitrogen and oxygen atoms in total. The highest BCUT2D eigenvalue weighted by atomic mass is 16.5. The SMILES string of the molecule is CN(C)C.CN1CCCCC1.O=COCCO. The lowest BCUT2D eigenvalue weighted by molar-refractivity contribution is -0.129. The second-order valence-corrected chi connectivity index (χ2v) is 4.40. The van der Waals surface area contributed by atoms with Crippen LogP contribution in [-0.2, 0) is 9.53 Å². The normalized spacial score (nSPS) is 15.2. The fraction of sp³-hybridized carbons (Fsp3) is 0.917. The van der Waals surface area contributed by atoms with Gasteiger partial charge in [-0.2, -0.15) is 0 Å². The van der Waals surface area contributed by atoms with E-state index in [1.165, 1.54) is 32.4 Å². The van der Waals surface area contributed by atoms with Gasteiger partial charge in [-0.1, -0.05) is 6.42 Å². The Bertz CT molecular complexity index is 146. The molecule has 17 heavy (non-hydrogen) atoms. The van der Waals surface area contributed by atoms with E-state index in [0.29, 0.717) is 6.47 Å². The third-order valence-corrected chi connectivity index (χ3v) is 1.86. The molecule has 1 aliphatic rings. The molecule has 0 spiro atoms. The largest absolute Gasteiger partial charge is 0.465 e. The Morgan fingerprint density at radius 1 is 1.24 bits per heavy atom. The van der Waals surface area contributed by atoms with Gasteiger partial charge in [0.15, 0.2) is 0 Å². The topological polar surface area (TPSA) is 53.0 Å². The molecule has 0 bridgehead atoms. The fourth-order valence-corrected chi connectivity index (χ4v) is 1.15. The number of carbonyl (C=O) groups is 1. The van der Waals surface area contributed by atoms with Crippen LogP contribution < -0.4 is 0 Å². The Hall–Kier alpha value is -0.650. The fourth-order valence-electron chi connectivity index (χ4n) is 1.15. The third kappa shape index (κ3) is 25.5. The number of aliphatic hydroxyl groups is 1. The molecule has 0 aromatic carbocycles. The van der Waals surface area contributed by atoms with Gasteiger partial charge in [-0.3, -0.25) is 4.79 Å². The molecule has 0 unspecified atom stereocenters. The number of carbonyl (C=O) groups excluding carboxylic acids is 1. The maximum absolute atomic E-state index is 9.23. The van der Waals surface area contributed by atoms with Crippen molar-refractivity contribution in [1.29, 1.82) is 0 Å². The van der Waals surface area contributed by atoms with E-state index < -0.39 is 0 Å². The van der Waals surface area contributed by atoms with Gasteiger partial charge in [0.2, 0.25) is 0 Å². The monoisotopic (exact) mass is 248 g/mol. The molecule has 0 aromatic rings. The molecule has 0 aromatic heterocycles. The van der Waals surface area contributed by atoms with Crippen LogP contribution in [0, 0.1) is 0 Å². The Morgan fingerprint density at radius 3 is 1.88 bits per heavy atom. The predicted molar refractivity (Wildman–Crippen MR) is 70.1 cm³/mol. The van der Waals surface area contributed by atoms with Crippen LogP contribution in [0.2, 0.25) is 0 Å². The van der Waals surface area contributed by atoms with Crippen LogP contribution in [0.25, 0.3) is 0 Å². The van der Waals surface area contributed by atoms with Gasteiger partial charge in [0, 0.05) is 0 Å². The Morgan fingerprint density at radius 2 is 1.71 bits per heavy atom. The van der Waals surface area contributed by atoms with Crippen molar-refractivity contribution in [2.45, 2.75) is 19.3 Å². The quantitative estimate of drug-likeness (QED) is 0.580. The summed E-state index contributed by atoms with van der Waals surface area (Å²) in [6.45, 7) is 2.94. The highest BCUT2D eigenvalue weighted by Crippen LogP contribution is 2.04. The first kappa shape index (κ1) is 18.7. The van der Waals surface area contributed by atoms with E-state index in [4.69, 9.17) is 5.11 Å². The number of rotatable bonds is 3. The first-order valence-corrected chi connectivity index (χ1v) is 6.00. The zero-order valence-corrected chi connectivity index (χ0v) is 11.7. The first-order chi connectivity index (χ1) is 8.04. The van der Waals surface area contributed by atoms with Gasteiger partial charge in [0.25, 0.3) is 6.47 Å². The summed E-state index contributed by atoms with van der Waals surface area (Å²) >= 11 is 0. The van der Waals surface area contributed by atoms with Crippen LogP contribution in [0.5, 0.6) is 0 Å². The zero-order chi connectivity index (χ0) is 13.5. The summed E-state index contributed by atoms with van der Waals surface area (Å²) in [7, 11) is 8.19. The zero-order valence-electron chi connectivity index (χ0n) is 11.7. The number of piperidine rings is 1. The van der Waals surface area contributed by atoms with Gasteiger partial charge in [-0.15, -0.1) is 0 Å². The van der Waals surface area contributed by atoms with E-state index in [1.54, 1.807) is 0 Å². The summed E-state index contributed by atoms with van der Waals surface area (Å²) in [5.41, 5.74) is 0.